The number of nitriles is 1. The number of amides is 1. The van der Waals surface area contributed by atoms with Crippen molar-refractivity contribution in [3.05, 3.63) is 0 Å². The van der Waals surface area contributed by atoms with Crippen LogP contribution in [-0.4, -0.2) is 39.6 Å². The lowest BCUT2D eigenvalue weighted by molar-refractivity contribution is -0.177. The van der Waals surface area contributed by atoms with Crippen molar-refractivity contribution in [3.8, 4) is 6.07 Å². The van der Waals surface area contributed by atoms with Crippen LogP contribution in [0.4, 0.5) is 0 Å². The van der Waals surface area contributed by atoms with E-state index in [1.54, 1.807) is 6.07 Å². The molecule has 124 valence electrons. The highest BCUT2D eigenvalue weighted by atomic mass is 16.3. The summed E-state index contributed by atoms with van der Waals surface area (Å²) in [7, 11) is 0. The Morgan fingerprint density at radius 2 is 2.13 bits per heavy atom. The molecular formula is C18H25N3O2. The predicted molar refractivity (Wildman–Crippen MR) is 82.8 cm³/mol. The van der Waals surface area contributed by atoms with Crippen LogP contribution in [0.3, 0.4) is 0 Å². The van der Waals surface area contributed by atoms with Crippen LogP contribution in [0.5, 0.6) is 0 Å². The molecule has 0 aromatic rings. The summed E-state index contributed by atoms with van der Waals surface area (Å²) in [5.41, 5.74) is -2.81. The van der Waals surface area contributed by atoms with Crippen molar-refractivity contribution in [3.63, 3.8) is 0 Å². The molecule has 6 aliphatic rings. The predicted octanol–water partition coefficient (Wildman–Crippen LogP) is 1.16. The quantitative estimate of drug-likeness (QED) is 0.794. The van der Waals surface area contributed by atoms with Gasteiger partial charge in [0, 0.05) is 26.6 Å². The van der Waals surface area contributed by atoms with E-state index in [4.69, 9.17) is 29.0 Å². The average molecular weight is 333 g/mol. The van der Waals surface area contributed by atoms with E-state index < -0.39 is 97.3 Å². The van der Waals surface area contributed by atoms with Crippen molar-refractivity contribution >= 4 is 5.91 Å². The minimum Gasteiger partial charge on any atom is -0.390 e. The number of aliphatic hydroxyl groups is 1. The standard InChI is InChI=1S/C18H25N3O2/c19-8-13-2-12-3-14(12)21(13)16(22)15(20)17-4-10-1-11(5-17)7-18(23,6-10)9-17/h10-15,23H,1-7,9,20H2/t10?,11?,12-,13?,14+,15+,17?,18?/m1/s1/i1D2,4D2,5D2,6D2,7D2,9D2,10D,11D,12D,14D,15D. The minimum absolute atomic E-state index is 0.281. The Kier molecular flexibility index (Phi) is 0.967. The molecule has 1 aliphatic heterocycles. The summed E-state index contributed by atoms with van der Waals surface area (Å²) < 4.78 is 148. The average Bonchev–Trinajstić information content (AvgIpc) is 3.24. The van der Waals surface area contributed by atoms with Crippen LogP contribution in [0.2, 0.25) is 0 Å². The molecule has 1 saturated heterocycles. The molecule has 5 nitrogen and oxygen atoms in total. The third-order valence-electron chi connectivity index (χ3n) is 4.56. The smallest absolute Gasteiger partial charge is 0.241 e. The Hall–Kier alpha value is -1.12. The van der Waals surface area contributed by atoms with E-state index >= 15 is 0 Å². The number of rotatable bonds is 2. The Morgan fingerprint density at radius 1 is 1.43 bits per heavy atom. The maximum Gasteiger partial charge on any atom is 0.241 e. The summed E-state index contributed by atoms with van der Waals surface area (Å²) in [6, 6.07) is -6.48. The molecule has 5 saturated carbocycles. The van der Waals surface area contributed by atoms with Gasteiger partial charge in [-0.15, -0.1) is 0 Å². The van der Waals surface area contributed by atoms with Crippen LogP contribution in [0.25, 0.3) is 0 Å². The largest absolute Gasteiger partial charge is 0.390 e. The van der Waals surface area contributed by atoms with E-state index in [1.807, 2.05) is 0 Å². The second-order valence-electron chi connectivity index (χ2n) is 6.13. The van der Waals surface area contributed by atoms with Gasteiger partial charge in [-0.25, -0.2) is 0 Å². The van der Waals surface area contributed by atoms with Gasteiger partial charge in [0.1, 0.15) is 6.04 Å². The number of nitrogens with zero attached hydrogens (tertiary/aromatic N) is 2. The fourth-order valence-corrected chi connectivity index (χ4v) is 3.48. The van der Waals surface area contributed by atoms with Gasteiger partial charge in [0.25, 0.3) is 0 Å². The Bertz CT molecular complexity index is 1200. The summed E-state index contributed by atoms with van der Waals surface area (Å²) >= 11 is 0. The van der Waals surface area contributed by atoms with E-state index in [0.717, 1.165) is 0 Å². The second-order valence-corrected chi connectivity index (χ2v) is 6.13. The molecule has 5 heteroatoms. The fourth-order valence-electron chi connectivity index (χ4n) is 3.48. The number of hydrogen-bond acceptors (Lipinski definition) is 4. The molecule has 0 aromatic heterocycles. The highest BCUT2D eigenvalue weighted by molar-refractivity contribution is 5.84. The zero-order valence-corrected chi connectivity index (χ0v) is 11.8. The van der Waals surface area contributed by atoms with Crippen molar-refractivity contribution in [1.82, 2.24) is 4.90 Å². The third kappa shape index (κ3) is 1.88. The second kappa shape index (κ2) is 4.29. The highest BCUT2D eigenvalue weighted by Gasteiger charge is 2.62. The van der Waals surface area contributed by atoms with Gasteiger partial charge in [-0.05, 0) is 74.2 Å². The molecule has 1 amide bonds. The van der Waals surface area contributed by atoms with E-state index in [0.29, 0.717) is 0 Å². The van der Waals surface area contributed by atoms with Crippen LogP contribution in [-0.2, 0) is 4.79 Å². The first-order valence-corrected chi connectivity index (χ1v) is 7.15. The summed E-state index contributed by atoms with van der Waals surface area (Å²) in [5.74, 6) is -12.3. The number of carbonyl (C=O) groups is 1. The van der Waals surface area contributed by atoms with Gasteiger partial charge in [-0.1, -0.05) is 0 Å². The summed E-state index contributed by atoms with van der Waals surface area (Å²) in [6.45, 7) is 0. The van der Waals surface area contributed by atoms with E-state index in [1.165, 1.54) is 0 Å². The van der Waals surface area contributed by atoms with Crippen molar-refractivity contribution in [2.75, 3.05) is 0 Å². The zero-order valence-electron chi connectivity index (χ0n) is 28.8. The van der Waals surface area contributed by atoms with Gasteiger partial charge < -0.3 is 15.7 Å². The van der Waals surface area contributed by atoms with Gasteiger partial charge in [0.2, 0.25) is 5.91 Å². The summed E-state index contributed by atoms with van der Waals surface area (Å²) in [6.07, 6.45) is -26.9. The van der Waals surface area contributed by atoms with Crippen LogP contribution in [0.15, 0.2) is 0 Å². The van der Waals surface area contributed by atoms with Crippen LogP contribution < -0.4 is 5.73 Å². The molecule has 3 N–H and O–H groups in total. The summed E-state index contributed by atoms with van der Waals surface area (Å²) in [4.78, 5) is 14.4. The summed E-state index contributed by atoms with van der Waals surface area (Å²) in [5, 5.41) is 21.3. The molecule has 6 fully saturated rings. The number of piperidine rings is 1. The topological polar surface area (TPSA) is 90.3 Å². The van der Waals surface area contributed by atoms with Crippen molar-refractivity contribution < 1.29 is 33.2 Å². The van der Waals surface area contributed by atoms with Gasteiger partial charge in [0.05, 0.1) is 20.4 Å². The maximum atomic E-state index is 14.1. The maximum absolute atomic E-state index is 14.1. The first-order chi connectivity index (χ1) is 17.4. The molecule has 4 bridgehead atoms. The lowest BCUT2D eigenvalue weighted by Gasteiger charge is -2.61. The van der Waals surface area contributed by atoms with Crippen molar-refractivity contribution in [1.29, 1.82) is 5.26 Å². The van der Waals surface area contributed by atoms with Gasteiger partial charge in [-0.3, -0.25) is 4.79 Å². The Labute approximate surface area is 160 Å². The molecule has 0 radical (unpaired) electrons. The van der Waals surface area contributed by atoms with Gasteiger partial charge in [0.15, 0.2) is 0 Å². The van der Waals surface area contributed by atoms with Crippen LogP contribution in [0, 0.1) is 34.4 Å². The number of fused-ring (bicyclic) bond motifs is 1. The monoisotopic (exact) mass is 332 g/mol. The van der Waals surface area contributed by atoms with Gasteiger partial charge >= 0.3 is 0 Å². The lowest BCUT2D eigenvalue weighted by Crippen LogP contribution is -2.64. The van der Waals surface area contributed by atoms with Crippen molar-refractivity contribution in [2.24, 2.45) is 28.8 Å². The van der Waals surface area contributed by atoms with Crippen molar-refractivity contribution in [2.45, 2.75) is 74.8 Å². The van der Waals surface area contributed by atoms with Gasteiger partial charge in [-0.2, -0.15) is 5.26 Å². The van der Waals surface area contributed by atoms with E-state index in [-0.39, 0.29) is 11.3 Å². The number of nitrogens with two attached hydrogens (primary N) is 1. The molecule has 6 atom stereocenters. The molecule has 6 rings (SSSR count). The van der Waals surface area contributed by atoms with E-state index in [9.17, 15) is 15.2 Å². The zero-order chi connectivity index (χ0) is 31.4. The highest BCUT2D eigenvalue weighted by Crippen LogP contribution is 2.63. The molecule has 23 heavy (non-hydrogen) atoms. The molecule has 5 aliphatic carbocycles. The SMILES string of the molecule is [2H]C1([2H])C2([2H])C([2H])([2H])C3(O)C([2H])([2H])C1([2H])C([2H])([2H])C([C@@]([2H])(N)C(=O)N1C(C#N)C[C@]4([2H])C[C@]14[2H])(C2([2H])[2H])C3([2H])[2H]. The number of likely N-dealkylation sites (tertiary alicyclic amines) is 1. The molecular weight excluding hydrogens is 290 g/mol. The first-order valence-electron chi connectivity index (χ1n) is 15.7. The first kappa shape index (κ1) is 5.19. The number of hydrogen-bond donors (Lipinski definition) is 2. The van der Waals surface area contributed by atoms with Crippen LogP contribution >= 0.6 is 0 Å². The molecule has 0 spiro atoms. The molecule has 0 aromatic carbocycles. The molecule has 1 heterocycles. The normalized spacial score (nSPS) is 92.0. The molecule has 3 unspecified atom stereocenters. The Morgan fingerprint density at radius 3 is 2.78 bits per heavy atom. The van der Waals surface area contributed by atoms with Crippen LogP contribution in [0.1, 0.15) is 74.4 Å². The minimum atomic E-state index is -4.48. The fraction of sp³-hybridized carbons (Fsp3) is 0.889. The van der Waals surface area contributed by atoms with E-state index in [2.05, 4.69) is 0 Å². The Balaban J connectivity index is 1.95. The lowest BCUT2D eigenvalue weighted by atomic mass is 9.46. The number of carbonyl (C=O) groups excluding carboxylic acids is 1. The third-order valence-corrected chi connectivity index (χ3v) is 4.56.